The van der Waals surface area contributed by atoms with Crippen LogP contribution in [0.2, 0.25) is 0 Å². The summed E-state index contributed by atoms with van der Waals surface area (Å²) in [4.78, 5) is 64.3. The zero-order valence-corrected chi connectivity index (χ0v) is 27.5. The van der Waals surface area contributed by atoms with Crippen LogP contribution in [0.1, 0.15) is 69.9 Å². The fourth-order valence-corrected chi connectivity index (χ4v) is 6.54. The van der Waals surface area contributed by atoms with Crippen LogP contribution in [-0.4, -0.2) is 106 Å². The van der Waals surface area contributed by atoms with E-state index in [1.807, 2.05) is 13.1 Å². The van der Waals surface area contributed by atoms with Crippen molar-refractivity contribution in [2.24, 2.45) is 5.73 Å². The van der Waals surface area contributed by atoms with Crippen LogP contribution >= 0.6 is 0 Å². The number of aliphatic hydroxyl groups is 1. The van der Waals surface area contributed by atoms with Crippen LogP contribution in [0, 0.1) is 0 Å². The molecule has 0 saturated heterocycles. The van der Waals surface area contributed by atoms with E-state index in [4.69, 9.17) is 19.9 Å². The number of rotatable bonds is 13. The van der Waals surface area contributed by atoms with Crippen molar-refractivity contribution >= 4 is 29.7 Å². The van der Waals surface area contributed by atoms with Crippen molar-refractivity contribution < 1.29 is 53.5 Å². The van der Waals surface area contributed by atoms with Crippen LogP contribution in [-0.2, 0) is 46.3 Å². The van der Waals surface area contributed by atoms with Crippen LogP contribution in [0.4, 0.5) is 0 Å². The van der Waals surface area contributed by atoms with Crippen molar-refractivity contribution in [3.63, 3.8) is 0 Å². The summed E-state index contributed by atoms with van der Waals surface area (Å²) in [6.07, 6.45) is 1.29. The minimum Gasteiger partial charge on any atom is -0.504 e. The Morgan fingerprint density at radius 1 is 1.19 bits per heavy atom. The Morgan fingerprint density at radius 2 is 1.94 bits per heavy atom. The summed E-state index contributed by atoms with van der Waals surface area (Å²) >= 11 is 0. The molecule has 6 atom stereocenters. The van der Waals surface area contributed by atoms with Gasteiger partial charge in [-0.1, -0.05) is 6.07 Å². The largest absolute Gasteiger partial charge is 0.504 e. The van der Waals surface area contributed by atoms with Crippen LogP contribution in [0.3, 0.4) is 0 Å². The van der Waals surface area contributed by atoms with Gasteiger partial charge in [0.25, 0.3) is 0 Å². The summed E-state index contributed by atoms with van der Waals surface area (Å²) in [5.74, 6) is -4.67. The molecule has 1 aromatic carbocycles. The maximum atomic E-state index is 13.1. The summed E-state index contributed by atoms with van der Waals surface area (Å²) in [5, 5.41) is 37.3. The highest BCUT2D eigenvalue weighted by Gasteiger charge is 2.47. The van der Waals surface area contributed by atoms with Gasteiger partial charge in [-0.05, 0) is 89.7 Å². The second kappa shape index (κ2) is 15.8. The molecule has 0 radical (unpaired) electrons. The van der Waals surface area contributed by atoms with Crippen molar-refractivity contribution in [2.75, 3.05) is 20.1 Å². The van der Waals surface area contributed by atoms with Gasteiger partial charge in [0, 0.05) is 24.9 Å². The van der Waals surface area contributed by atoms with Gasteiger partial charge in [-0.15, -0.1) is 0 Å². The fraction of sp³-hybridized carbons (Fsp3) is 0.606. The fourth-order valence-electron chi connectivity index (χ4n) is 6.54. The number of phenols is 1. The number of ether oxygens (including phenoxy) is 3. The Balaban J connectivity index is 1.44. The van der Waals surface area contributed by atoms with Crippen molar-refractivity contribution in [1.29, 1.82) is 0 Å². The predicted octanol–water partition coefficient (Wildman–Crippen LogP) is 0.419. The number of benzene rings is 1. The number of nitrogens with zero attached hydrogens (tertiary/aromatic N) is 1. The summed E-state index contributed by atoms with van der Waals surface area (Å²) < 4.78 is 16.9. The van der Waals surface area contributed by atoms with Gasteiger partial charge in [0.15, 0.2) is 17.6 Å². The molecule has 6 bridgehead atoms. The lowest BCUT2D eigenvalue weighted by Crippen LogP contribution is -2.56. The van der Waals surface area contributed by atoms with Crippen molar-refractivity contribution in [3.05, 3.63) is 35.1 Å². The van der Waals surface area contributed by atoms with Gasteiger partial charge in [0.2, 0.25) is 17.9 Å². The number of likely N-dealkylation sites (N-methyl/N-ethyl adjacent to an activating group) is 1. The molecule has 15 heteroatoms. The van der Waals surface area contributed by atoms with E-state index in [9.17, 15) is 39.3 Å². The average molecular weight is 675 g/mol. The molecular weight excluding hydrogens is 628 g/mol. The number of unbranched alkanes of at least 4 members (excludes halogenated alkanes) is 1. The Kier molecular flexibility index (Phi) is 12.0. The smallest absolute Gasteiger partial charge is 0.345 e. The number of aliphatic carboxylic acids is 1. The summed E-state index contributed by atoms with van der Waals surface area (Å²) in [6.45, 7) is 3.66. The van der Waals surface area contributed by atoms with E-state index in [1.54, 1.807) is 6.07 Å². The Morgan fingerprint density at radius 3 is 2.62 bits per heavy atom. The summed E-state index contributed by atoms with van der Waals surface area (Å²) in [5.41, 5.74) is 6.02. The van der Waals surface area contributed by atoms with Crippen LogP contribution in [0.25, 0.3) is 0 Å². The zero-order chi connectivity index (χ0) is 35.2. The number of carbonyl (C=O) groups is 5. The van der Waals surface area contributed by atoms with E-state index in [-0.39, 0.29) is 42.6 Å². The minimum atomic E-state index is -1.94. The molecule has 15 nitrogen and oxygen atoms in total. The Bertz CT molecular complexity index is 1430. The van der Waals surface area contributed by atoms with Crippen molar-refractivity contribution in [2.45, 2.75) is 108 Å². The van der Waals surface area contributed by atoms with Gasteiger partial charge in [0.1, 0.15) is 17.8 Å². The van der Waals surface area contributed by atoms with Crippen LogP contribution < -0.4 is 21.1 Å². The maximum absolute atomic E-state index is 13.1. The average Bonchev–Trinajstić information content (AvgIpc) is 3.02. The van der Waals surface area contributed by atoms with Crippen molar-refractivity contribution in [1.82, 2.24) is 15.5 Å². The van der Waals surface area contributed by atoms with E-state index in [0.29, 0.717) is 32.2 Å². The predicted molar refractivity (Wildman–Crippen MR) is 170 cm³/mol. The lowest BCUT2D eigenvalue weighted by molar-refractivity contribution is -0.169. The summed E-state index contributed by atoms with van der Waals surface area (Å²) in [7, 11) is 1.95. The monoisotopic (exact) mass is 674 g/mol. The topological polar surface area (TPSA) is 227 Å². The van der Waals surface area contributed by atoms with E-state index in [1.165, 1.54) is 19.9 Å². The first-order valence-corrected chi connectivity index (χ1v) is 16.3. The maximum Gasteiger partial charge on any atom is 0.345 e. The summed E-state index contributed by atoms with van der Waals surface area (Å²) in [6, 6.07) is 0.841. The number of carbonyl (C=O) groups excluding carboxylic acids is 4. The molecule has 0 spiro atoms. The third-order valence-electron chi connectivity index (χ3n) is 9.08. The number of carboxylic acids is 1. The molecule has 0 fully saturated rings. The SMILES string of the molecule is CC(=O)N[C@@H](CCCCN)C(=O)N[C@@H](C)C(=O)O[C@@H](CC(=O)OC1=CC[C@]2(O)C[C@H]1Oc1c(O)ccc3c1CCCN(C)[C@@H]2C3)C(=O)O. The number of aromatic hydroxyl groups is 1. The molecule has 2 amide bonds. The molecule has 0 aromatic heterocycles. The van der Waals surface area contributed by atoms with Crippen LogP contribution in [0.5, 0.6) is 11.5 Å². The molecular formula is C33H46N4O11. The third-order valence-corrected chi connectivity index (χ3v) is 9.08. The molecule has 7 N–H and O–H groups in total. The molecule has 48 heavy (non-hydrogen) atoms. The van der Waals surface area contributed by atoms with Crippen LogP contribution in [0.15, 0.2) is 24.0 Å². The van der Waals surface area contributed by atoms with Gasteiger partial charge < -0.3 is 50.8 Å². The molecule has 2 heterocycles. The molecule has 3 aliphatic rings. The second-order valence-corrected chi connectivity index (χ2v) is 12.8. The molecule has 4 rings (SSSR count). The Labute approximate surface area is 278 Å². The number of esters is 2. The first kappa shape index (κ1) is 36.6. The number of amides is 2. The standard InChI is InChI=1S/C33H46N4O11/c1-18(35-30(41)22(36-19(2)38)8-4-5-13-34)32(44)48-25(31(42)43)16-28(40)46-24-11-12-33(45)17-26(24)47-29-21-7-6-14-37(3)27(33)15-20(21)9-10-23(29)39/h9-11,18,22,25-27,39,45H,4-8,12-17,34H2,1-3H3,(H,35,41)(H,36,38)(H,42,43)/t18-,22-,25-,26+,27+,33-/m0/s1. The normalized spacial score (nSPS) is 23.6. The van der Waals surface area contributed by atoms with E-state index in [0.717, 1.165) is 24.1 Å². The van der Waals surface area contributed by atoms with Crippen molar-refractivity contribution in [3.8, 4) is 11.5 Å². The second-order valence-electron chi connectivity index (χ2n) is 12.8. The Hall–Kier alpha value is -4.21. The molecule has 264 valence electrons. The number of nitrogens with one attached hydrogen (secondary N) is 2. The molecule has 1 aromatic rings. The highest BCUT2D eigenvalue weighted by molar-refractivity contribution is 5.91. The first-order chi connectivity index (χ1) is 22.7. The lowest BCUT2D eigenvalue weighted by Gasteiger charge is -2.44. The van der Waals surface area contributed by atoms with Gasteiger partial charge >= 0.3 is 17.9 Å². The number of hydrogen-bond acceptors (Lipinski definition) is 12. The highest BCUT2D eigenvalue weighted by atomic mass is 16.6. The van der Waals surface area contributed by atoms with Gasteiger partial charge in [0.05, 0.1) is 12.0 Å². The first-order valence-electron chi connectivity index (χ1n) is 16.3. The van der Waals surface area contributed by atoms with E-state index in [2.05, 4.69) is 15.5 Å². The number of fused-ring (bicyclic) bond motifs is 4. The van der Waals surface area contributed by atoms with E-state index >= 15 is 0 Å². The molecule has 0 unspecified atom stereocenters. The van der Waals surface area contributed by atoms with Gasteiger partial charge in [-0.2, -0.15) is 0 Å². The van der Waals surface area contributed by atoms with E-state index < -0.39 is 66.0 Å². The molecule has 2 aliphatic heterocycles. The third kappa shape index (κ3) is 8.82. The zero-order valence-electron chi connectivity index (χ0n) is 27.5. The number of nitrogens with two attached hydrogens (primary N) is 1. The quantitative estimate of drug-likeness (QED) is 0.123. The minimum absolute atomic E-state index is 0.0396. The number of hydrogen-bond donors (Lipinski definition) is 6. The number of phenolic OH excluding ortho intramolecular Hbond substituents is 1. The number of carboxylic acid groups (broad SMARTS) is 1. The molecule has 1 aliphatic carbocycles. The van der Waals surface area contributed by atoms with Gasteiger partial charge in [-0.3, -0.25) is 14.4 Å². The lowest BCUT2D eigenvalue weighted by atomic mass is 9.77. The van der Waals surface area contributed by atoms with Gasteiger partial charge in [-0.25, -0.2) is 9.59 Å². The molecule has 0 saturated carbocycles. The highest BCUT2D eigenvalue weighted by Crippen LogP contribution is 2.44.